The first-order valence-corrected chi connectivity index (χ1v) is 8.19. The maximum Gasteiger partial charge on any atom is 0.266 e. The SMILES string of the molecule is C#CCOc1ccc(C=C2SC(=S)N(CC)C2=O)cc1Br. The van der Waals surface area contributed by atoms with E-state index in [9.17, 15) is 4.79 Å². The first kappa shape index (κ1) is 16.1. The minimum Gasteiger partial charge on any atom is -0.480 e. The van der Waals surface area contributed by atoms with Crippen molar-refractivity contribution in [1.82, 2.24) is 4.90 Å². The number of thioether (sulfide) groups is 1. The maximum atomic E-state index is 12.1. The van der Waals surface area contributed by atoms with Crippen molar-refractivity contribution in [1.29, 1.82) is 0 Å². The first-order valence-electron chi connectivity index (χ1n) is 6.18. The molecule has 1 heterocycles. The molecule has 6 heteroatoms. The number of halogens is 1. The molecule has 108 valence electrons. The van der Waals surface area contributed by atoms with Crippen LogP contribution in [0.2, 0.25) is 0 Å². The molecule has 0 N–H and O–H groups in total. The monoisotopic (exact) mass is 381 g/mol. The van der Waals surface area contributed by atoms with Gasteiger partial charge in [-0.15, -0.1) is 6.42 Å². The molecule has 0 aliphatic carbocycles. The Labute approximate surface area is 141 Å². The normalized spacial score (nSPS) is 16.4. The summed E-state index contributed by atoms with van der Waals surface area (Å²) in [4.78, 5) is 14.4. The molecule has 21 heavy (non-hydrogen) atoms. The molecule has 1 aromatic rings. The molecule has 0 unspecified atom stereocenters. The van der Waals surface area contributed by atoms with E-state index in [1.807, 2.05) is 31.2 Å². The number of amides is 1. The Kier molecular flexibility index (Phi) is 5.45. The highest BCUT2D eigenvalue weighted by molar-refractivity contribution is 9.10. The third kappa shape index (κ3) is 3.67. The van der Waals surface area contributed by atoms with Gasteiger partial charge in [-0.2, -0.15) is 0 Å². The number of terminal acetylenes is 1. The standard InChI is InChI=1S/C15H12BrNO2S2/c1-3-7-19-12-6-5-10(8-11(12)16)9-13-14(18)17(4-2)15(20)21-13/h1,5-6,8-9H,4,7H2,2H3. The number of hydrogen-bond donors (Lipinski definition) is 0. The molecule has 0 saturated carbocycles. The lowest BCUT2D eigenvalue weighted by molar-refractivity contribution is -0.121. The van der Waals surface area contributed by atoms with E-state index in [0.29, 0.717) is 21.5 Å². The quantitative estimate of drug-likeness (QED) is 0.452. The summed E-state index contributed by atoms with van der Waals surface area (Å²) in [5.41, 5.74) is 0.895. The molecule has 2 rings (SSSR count). The molecule has 0 aromatic heterocycles. The van der Waals surface area contributed by atoms with E-state index < -0.39 is 0 Å². The van der Waals surface area contributed by atoms with Gasteiger partial charge in [0.05, 0.1) is 9.38 Å². The van der Waals surface area contributed by atoms with Crippen molar-refractivity contribution in [3.8, 4) is 18.1 Å². The second-order valence-electron chi connectivity index (χ2n) is 4.11. The van der Waals surface area contributed by atoms with Crippen molar-refractivity contribution >= 4 is 56.2 Å². The maximum absolute atomic E-state index is 12.1. The zero-order chi connectivity index (χ0) is 15.4. The molecule has 3 nitrogen and oxygen atoms in total. The second kappa shape index (κ2) is 7.12. The van der Waals surface area contributed by atoms with Gasteiger partial charge in [0.1, 0.15) is 16.7 Å². The Morgan fingerprint density at radius 2 is 2.33 bits per heavy atom. The molecule has 0 radical (unpaired) electrons. The van der Waals surface area contributed by atoms with Crippen LogP contribution in [-0.4, -0.2) is 28.3 Å². The fourth-order valence-electron chi connectivity index (χ4n) is 1.77. The molecule has 1 saturated heterocycles. The summed E-state index contributed by atoms with van der Waals surface area (Å²) in [7, 11) is 0. The number of likely N-dealkylation sites (N-methyl/N-ethyl adjacent to an activating group) is 1. The van der Waals surface area contributed by atoms with Gasteiger partial charge >= 0.3 is 0 Å². The number of benzene rings is 1. The number of rotatable bonds is 4. The zero-order valence-corrected chi connectivity index (χ0v) is 14.5. The Bertz CT molecular complexity index is 664. The zero-order valence-electron chi connectivity index (χ0n) is 11.3. The number of thiocarbonyl (C=S) groups is 1. The summed E-state index contributed by atoms with van der Waals surface area (Å²) >= 11 is 9.93. The van der Waals surface area contributed by atoms with Crippen LogP contribution in [0, 0.1) is 12.3 Å². The first-order chi connectivity index (χ1) is 10.1. The van der Waals surface area contributed by atoms with Crippen LogP contribution in [0.25, 0.3) is 6.08 Å². The fourth-order valence-corrected chi connectivity index (χ4v) is 3.66. The predicted molar refractivity (Wildman–Crippen MR) is 94.0 cm³/mol. The molecule has 0 bridgehead atoms. The lowest BCUT2D eigenvalue weighted by Gasteiger charge is -2.09. The van der Waals surface area contributed by atoms with Gasteiger partial charge in [-0.1, -0.05) is 36.0 Å². The lowest BCUT2D eigenvalue weighted by Crippen LogP contribution is -2.27. The van der Waals surface area contributed by atoms with Crippen LogP contribution in [0.5, 0.6) is 5.75 Å². The van der Waals surface area contributed by atoms with Crippen molar-refractivity contribution in [2.45, 2.75) is 6.92 Å². The molecule has 0 spiro atoms. The van der Waals surface area contributed by atoms with Gasteiger partial charge in [0.15, 0.2) is 0 Å². The van der Waals surface area contributed by atoms with Gasteiger partial charge in [0.2, 0.25) is 0 Å². The van der Waals surface area contributed by atoms with Gasteiger partial charge in [-0.3, -0.25) is 9.69 Å². The van der Waals surface area contributed by atoms with Gasteiger partial charge in [-0.05, 0) is 46.6 Å². The van der Waals surface area contributed by atoms with Crippen molar-refractivity contribution in [2.24, 2.45) is 0 Å². The third-order valence-corrected chi connectivity index (χ3v) is 4.75. The van der Waals surface area contributed by atoms with E-state index in [1.54, 1.807) is 4.90 Å². The lowest BCUT2D eigenvalue weighted by atomic mass is 10.2. The van der Waals surface area contributed by atoms with Crippen molar-refractivity contribution in [3.63, 3.8) is 0 Å². The summed E-state index contributed by atoms with van der Waals surface area (Å²) in [6.45, 7) is 2.71. The molecule has 1 aliphatic rings. The molecule has 1 aromatic carbocycles. The molecule has 0 atom stereocenters. The van der Waals surface area contributed by atoms with E-state index in [-0.39, 0.29) is 12.5 Å². The number of carbonyl (C=O) groups excluding carboxylic acids is 1. The molecule has 1 fully saturated rings. The van der Waals surface area contributed by atoms with Gasteiger partial charge < -0.3 is 4.74 Å². The molecule has 1 aliphatic heterocycles. The van der Waals surface area contributed by atoms with Crippen LogP contribution in [0.3, 0.4) is 0 Å². The third-order valence-electron chi connectivity index (χ3n) is 2.75. The van der Waals surface area contributed by atoms with E-state index >= 15 is 0 Å². The predicted octanol–water partition coefficient (Wildman–Crippen LogP) is 3.68. The largest absolute Gasteiger partial charge is 0.480 e. The van der Waals surface area contributed by atoms with E-state index in [4.69, 9.17) is 23.4 Å². The Morgan fingerprint density at radius 1 is 1.57 bits per heavy atom. The van der Waals surface area contributed by atoms with Crippen LogP contribution in [-0.2, 0) is 4.79 Å². The van der Waals surface area contributed by atoms with Crippen LogP contribution in [0.1, 0.15) is 12.5 Å². The number of ether oxygens (including phenoxy) is 1. The molecular weight excluding hydrogens is 370 g/mol. The minimum atomic E-state index is -0.0451. The smallest absolute Gasteiger partial charge is 0.266 e. The minimum absolute atomic E-state index is 0.0451. The van der Waals surface area contributed by atoms with Gasteiger partial charge in [-0.25, -0.2) is 0 Å². The van der Waals surface area contributed by atoms with Crippen molar-refractivity contribution in [2.75, 3.05) is 13.2 Å². The van der Waals surface area contributed by atoms with Crippen molar-refractivity contribution < 1.29 is 9.53 Å². The highest BCUT2D eigenvalue weighted by Gasteiger charge is 2.30. The summed E-state index contributed by atoms with van der Waals surface area (Å²) in [5, 5.41) is 0. The average Bonchev–Trinajstić information content (AvgIpc) is 2.72. The summed E-state index contributed by atoms with van der Waals surface area (Å²) in [5.74, 6) is 3.04. The van der Waals surface area contributed by atoms with E-state index in [1.165, 1.54) is 11.8 Å². The van der Waals surface area contributed by atoms with Gasteiger partial charge in [0.25, 0.3) is 5.91 Å². The summed E-state index contributed by atoms with van der Waals surface area (Å²) in [6.07, 6.45) is 6.99. The summed E-state index contributed by atoms with van der Waals surface area (Å²) in [6, 6.07) is 5.56. The highest BCUT2D eigenvalue weighted by atomic mass is 79.9. The number of carbonyl (C=O) groups is 1. The number of hydrogen-bond acceptors (Lipinski definition) is 4. The Hall–Kier alpha value is -1.29. The van der Waals surface area contributed by atoms with E-state index in [0.717, 1.165) is 10.0 Å². The Morgan fingerprint density at radius 3 is 2.90 bits per heavy atom. The molecular formula is C15H12BrNO2S2. The van der Waals surface area contributed by atoms with Crippen LogP contribution < -0.4 is 4.74 Å². The highest BCUT2D eigenvalue weighted by Crippen LogP contribution is 2.33. The van der Waals surface area contributed by atoms with E-state index in [2.05, 4.69) is 21.9 Å². The van der Waals surface area contributed by atoms with Crippen LogP contribution in [0.4, 0.5) is 0 Å². The second-order valence-corrected chi connectivity index (χ2v) is 6.64. The molecule has 1 amide bonds. The summed E-state index contributed by atoms with van der Waals surface area (Å²) < 4.78 is 6.77. The van der Waals surface area contributed by atoms with Crippen molar-refractivity contribution in [3.05, 3.63) is 33.1 Å². The topological polar surface area (TPSA) is 29.5 Å². The van der Waals surface area contributed by atoms with Crippen LogP contribution >= 0.6 is 39.9 Å². The number of nitrogens with zero attached hydrogens (tertiary/aromatic N) is 1. The Balaban J connectivity index is 2.22. The van der Waals surface area contributed by atoms with Gasteiger partial charge in [0, 0.05) is 6.54 Å². The van der Waals surface area contributed by atoms with Crippen LogP contribution in [0.15, 0.2) is 27.6 Å². The average molecular weight is 382 g/mol. The fraction of sp³-hybridized carbons (Fsp3) is 0.200.